The number of nitro groups is 1. The van der Waals surface area contributed by atoms with Crippen molar-refractivity contribution in [3.05, 3.63) is 104 Å². The highest BCUT2D eigenvalue weighted by Gasteiger charge is 2.47. The predicted octanol–water partition coefficient (Wildman–Crippen LogP) is 5.88. The van der Waals surface area contributed by atoms with Gasteiger partial charge in [-0.05, 0) is 46.9 Å². The Labute approximate surface area is 212 Å². The van der Waals surface area contributed by atoms with Crippen molar-refractivity contribution in [2.75, 3.05) is 4.90 Å². The van der Waals surface area contributed by atoms with Crippen LogP contribution in [0.4, 0.5) is 11.4 Å². The summed E-state index contributed by atoms with van der Waals surface area (Å²) in [7, 11) is 0. The van der Waals surface area contributed by atoms with Crippen LogP contribution in [0.3, 0.4) is 0 Å². The first-order valence-corrected chi connectivity index (χ1v) is 11.4. The van der Waals surface area contributed by atoms with Crippen LogP contribution in [0, 0.1) is 10.1 Å². The van der Waals surface area contributed by atoms with Gasteiger partial charge in [0.25, 0.3) is 17.4 Å². The van der Waals surface area contributed by atoms with E-state index in [2.05, 4.69) is 0 Å². The molecule has 0 spiro atoms. The summed E-state index contributed by atoms with van der Waals surface area (Å²) in [5.74, 6) is -2.68. The number of Topliss-reactive ketones (excluding diaryl/α,β-unsaturated/α-hetero) is 1. The largest absolute Gasteiger partial charge is 0.507 e. The lowest BCUT2D eigenvalue weighted by molar-refractivity contribution is -0.384. The highest BCUT2D eigenvalue weighted by Crippen LogP contribution is 2.45. The number of anilines is 1. The van der Waals surface area contributed by atoms with Crippen LogP contribution in [-0.2, 0) is 15.0 Å². The number of ketones is 1. The normalized spacial score (nSPS) is 17.4. The molecular weight excluding hydrogens is 484 g/mol. The van der Waals surface area contributed by atoms with E-state index in [0.29, 0.717) is 5.56 Å². The van der Waals surface area contributed by atoms with Crippen molar-refractivity contribution in [1.82, 2.24) is 0 Å². The fraction of sp³-hybridized carbons (Fsp3) is 0.185. The maximum Gasteiger partial charge on any atom is 0.300 e. The Morgan fingerprint density at radius 3 is 2.17 bits per heavy atom. The van der Waals surface area contributed by atoms with E-state index < -0.39 is 28.4 Å². The molecule has 0 aliphatic carbocycles. The van der Waals surface area contributed by atoms with E-state index in [-0.39, 0.29) is 38.7 Å². The maximum absolute atomic E-state index is 13.3. The minimum absolute atomic E-state index is 0.0113. The zero-order chi connectivity index (χ0) is 26.4. The van der Waals surface area contributed by atoms with Crippen molar-refractivity contribution in [3.8, 4) is 5.75 Å². The van der Waals surface area contributed by atoms with Gasteiger partial charge in [0.15, 0.2) is 0 Å². The Bertz CT molecular complexity index is 1410. The zero-order valence-corrected chi connectivity index (χ0v) is 20.5. The number of phenolic OH excluding ortho intramolecular Hbond substituents is 1. The summed E-state index contributed by atoms with van der Waals surface area (Å²) in [6, 6.07) is 15.3. The summed E-state index contributed by atoms with van der Waals surface area (Å²) >= 11 is 6.13. The topological polar surface area (TPSA) is 121 Å². The fourth-order valence-corrected chi connectivity index (χ4v) is 4.31. The molecule has 0 aromatic heterocycles. The molecule has 9 heteroatoms. The molecule has 184 valence electrons. The number of halogens is 1. The van der Waals surface area contributed by atoms with E-state index in [0.717, 1.165) is 10.5 Å². The molecule has 3 aromatic carbocycles. The van der Waals surface area contributed by atoms with E-state index in [1.54, 1.807) is 12.1 Å². The van der Waals surface area contributed by atoms with Crippen LogP contribution in [0.5, 0.6) is 5.75 Å². The molecule has 1 saturated heterocycles. The minimum atomic E-state index is -1.08. The molecule has 8 nitrogen and oxygen atoms in total. The summed E-state index contributed by atoms with van der Waals surface area (Å²) in [5, 5.41) is 33.0. The molecule has 1 heterocycles. The number of amides is 1. The Morgan fingerprint density at radius 1 is 1.00 bits per heavy atom. The number of aromatic hydroxyl groups is 1. The maximum atomic E-state index is 13.3. The van der Waals surface area contributed by atoms with Crippen molar-refractivity contribution >= 4 is 40.4 Å². The van der Waals surface area contributed by atoms with Gasteiger partial charge in [0.1, 0.15) is 11.5 Å². The molecule has 4 rings (SSSR count). The number of aliphatic hydroxyl groups excluding tert-OH is 1. The van der Waals surface area contributed by atoms with Crippen molar-refractivity contribution in [2.45, 2.75) is 32.2 Å². The average Bonchev–Trinajstić information content (AvgIpc) is 3.10. The number of non-ortho nitro benzene ring substituents is 1. The van der Waals surface area contributed by atoms with Crippen LogP contribution in [0.15, 0.2) is 72.3 Å². The van der Waals surface area contributed by atoms with E-state index in [4.69, 9.17) is 11.6 Å². The smallest absolute Gasteiger partial charge is 0.300 e. The van der Waals surface area contributed by atoms with Crippen LogP contribution < -0.4 is 4.90 Å². The third-order valence-corrected chi connectivity index (χ3v) is 6.32. The number of phenols is 1. The standard InChI is InChI=1S/C27H23ClN2O6/c1-27(2,3)17-8-4-15(5-9-17)23-22(24(32)16-6-11-19(12-7-16)30(35)36)25(33)26(34)29(23)20-14-18(28)10-13-21(20)31/h4-14,23,31-32H,1-3H3/b24-22+. The molecule has 0 saturated carbocycles. The van der Waals surface area contributed by atoms with Gasteiger partial charge >= 0.3 is 0 Å². The number of rotatable bonds is 4. The van der Waals surface area contributed by atoms with Crippen LogP contribution in [0.1, 0.15) is 43.5 Å². The lowest BCUT2D eigenvalue weighted by Gasteiger charge is -2.27. The summed E-state index contributed by atoms with van der Waals surface area (Å²) < 4.78 is 0. The Kier molecular flexibility index (Phi) is 6.32. The first-order valence-electron chi connectivity index (χ1n) is 11.0. The van der Waals surface area contributed by atoms with E-state index in [1.807, 2.05) is 32.9 Å². The molecule has 3 aromatic rings. The molecular formula is C27H23ClN2O6. The van der Waals surface area contributed by atoms with Crippen LogP contribution in [0.25, 0.3) is 5.76 Å². The molecule has 2 N–H and O–H groups in total. The van der Waals surface area contributed by atoms with Crippen LogP contribution in [-0.4, -0.2) is 26.8 Å². The van der Waals surface area contributed by atoms with E-state index in [9.17, 15) is 29.9 Å². The monoisotopic (exact) mass is 506 g/mol. The zero-order valence-electron chi connectivity index (χ0n) is 19.7. The van der Waals surface area contributed by atoms with Gasteiger partial charge < -0.3 is 10.2 Å². The summed E-state index contributed by atoms with van der Waals surface area (Å²) in [4.78, 5) is 38.1. The SMILES string of the molecule is CC(C)(C)c1ccc(C2/C(=C(\O)c3ccc([N+](=O)[O-])cc3)C(=O)C(=O)N2c2cc(Cl)ccc2O)cc1. The lowest BCUT2D eigenvalue weighted by atomic mass is 9.85. The number of carbonyl (C=O) groups is 2. The third kappa shape index (κ3) is 4.43. The van der Waals surface area contributed by atoms with Crippen molar-refractivity contribution in [2.24, 2.45) is 0 Å². The second kappa shape index (κ2) is 9.13. The van der Waals surface area contributed by atoms with Gasteiger partial charge in [-0.15, -0.1) is 0 Å². The summed E-state index contributed by atoms with van der Waals surface area (Å²) in [6.45, 7) is 6.14. The quantitative estimate of drug-likeness (QED) is 0.150. The highest BCUT2D eigenvalue weighted by atomic mass is 35.5. The average molecular weight is 507 g/mol. The predicted molar refractivity (Wildman–Crippen MR) is 136 cm³/mol. The Hall–Kier alpha value is -4.17. The first kappa shape index (κ1) is 24.9. The number of nitro benzene ring substituents is 1. The minimum Gasteiger partial charge on any atom is -0.507 e. The third-order valence-electron chi connectivity index (χ3n) is 6.09. The first-order chi connectivity index (χ1) is 16.9. The van der Waals surface area contributed by atoms with Gasteiger partial charge in [-0.3, -0.25) is 24.6 Å². The van der Waals surface area contributed by atoms with Gasteiger partial charge in [0, 0.05) is 22.7 Å². The number of carbonyl (C=O) groups excluding carboxylic acids is 2. The van der Waals surface area contributed by atoms with Crippen LogP contribution >= 0.6 is 11.6 Å². The van der Waals surface area contributed by atoms with Crippen molar-refractivity contribution in [1.29, 1.82) is 0 Å². The summed E-state index contributed by atoms with van der Waals surface area (Å²) in [6.07, 6.45) is 0. The van der Waals surface area contributed by atoms with Gasteiger partial charge in [0.2, 0.25) is 0 Å². The molecule has 1 unspecified atom stereocenters. The van der Waals surface area contributed by atoms with Gasteiger partial charge in [-0.1, -0.05) is 56.6 Å². The summed E-state index contributed by atoms with van der Waals surface area (Å²) in [5.41, 5.74) is 1.13. The second-order valence-electron chi connectivity index (χ2n) is 9.48. The lowest BCUT2D eigenvalue weighted by Crippen LogP contribution is -2.29. The Morgan fingerprint density at radius 2 is 1.61 bits per heavy atom. The number of aliphatic hydroxyl groups is 1. The molecule has 1 aliphatic rings. The van der Waals surface area contributed by atoms with Crippen molar-refractivity contribution < 1.29 is 24.7 Å². The highest BCUT2D eigenvalue weighted by molar-refractivity contribution is 6.52. The molecule has 36 heavy (non-hydrogen) atoms. The molecule has 1 atom stereocenters. The molecule has 1 amide bonds. The van der Waals surface area contributed by atoms with Crippen molar-refractivity contribution in [3.63, 3.8) is 0 Å². The van der Waals surface area contributed by atoms with Gasteiger partial charge in [-0.2, -0.15) is 0 Å². The number of benzene rings is 3. The van der Waals surface area contributed by atoms with E-state index in [1.165, 1.54) is 42.5 Å². The van der Waals surface area contributed by atoms with Gasteiger partial charge in [0.05, 0.1) is 22.2 Å². The number of nitrogens with zero attached hydrogens (tertiary/aromatic N) is 2. The number of hydrogen-bond donors (Lipinski definition) is 2. The second-order valence-corrected chi connectivity index (χ2v) is 9.91. The van der Waals surface area contributed by atoms with Crippen LogP contribution in [0.2, 0.25) is 5.02 Å². The molecule has 0 bridgehead atoms. The Balaban J connectivity index is 1.94. The fourth-order valence-electron chi connectivity index (χ4n) is 4.15. The number of hydrogen-bond acceptors (Lipinski definition) is 6. The molecule has 0 radical (unpaired) electrons. The van der Waals surface area contributed by atoms with E-state index >= 15 is 0 Å². The molecule has 1 fully saturated rings. The van der Waals surface area contributed by atoms with Gasteiger partial charge in [-0.25, -0.2) is 0 Å². The molecule has 1 aliphatic heterocycles.